The lowest BCUT2D eigenvalue weighted by molar-refractivity contribution is -0.265. The van der Waals surface area contributed by atoms with Crippen LogP contribution in [-0.4, -0.2) is 300 Å². The normalized spacial score (nSPS) is 26.8. The number of aliphatic hydroxyl groups excluding tert-OH is 1. The van der Waals surface area contributed by atoms with E-state index in [1.807, 2.05) is 84.0 Å². The van der Waals surface area contributed by atoms with Crippen LogP contribution in [0.5, 0.6) is 0 Å². The van der Waals surface area contributed by atoms with E-state index in [0.29, 0.717) is 216 Å². The molecule has 133 heavy (non-hydrogen) atoms. The minimum atomic E-state index is -2.47. The molecule has 10 heterocycles. The van der Waals surface area contributed by atoms with Crippen LogP contribution in [-0.2, 0) is 100 Å². The zero-order valence-electron chi connectivity index (χ0n) is 79.3. The first-order valence-electron chi connectivity index (χ1n) is 47.0. The average molecular weight is 1850 g/mol. The van der Waals surface area contributed by atoms with Crippen molar-refractivity contribution in [3.05, 3.63) is 131 Å². The van der Waals surface area contributed by atoms with E-state index in [1.165, 1.54) is 43.3 Å². The van der Waals surface area contributed by atoms with Crippen molar-refractivity contribution in [1.82, 2.24) is 59.7 Å². The smallest absolute Gasteiger partial charge is 0.410 e. The molecule has 1 aliphatic carbocycles. The van der Waals surface area contributed by atoms with Crippen molar-refractivity contribution in [2.45, 2.75) is 219 Å². The second kappa shape index (κ2) is 51.0. The second-order valence-electron chi connectivity index (χ2n) is 35.9. The summed E-state index contributed by atoms with van der Waals surface area (Å²) >= 11 is 0. The molecule has 1 aromatic carbocycles. The molecule has 4 fully saturated rings. The molecule has 1 saturated carbocycles. The van der Waals surface area contributed by atoms with E-state index >= 15 is 0 Å². The Labute approximate surface area is 779 Å². The van der Waals surface area contributed by atoms with Gasteiger partial charge in [0.2, 0.25) is 17.6 Å². The number of nitrogen functional groups attached to an aromatic ring is 1. The molecule has 12 rings (SSSR count). The van der Waals surface area contributed by atoms with Crippen molar-refractivity contribution in [2.24, 2.45) is 35.5 Å². The van der Waals surface area contributed by atoms with E-state index in [4.69, 9.17) is 62.9 Å². The molecule has 2 bridgehead atoms. The second-order valence-corrected chi connectivity index (χ2v) is 35.9. The number of esters is 1. The summed E-state index contributed by atoms with van der Waals surface area (Å²) < 4.78 is 65.5. The van der Waals surface area contributed by atoms with Gasteiger partial charge in [0, 0.05) is 147 Å². The fourth-order valence-electron chi connectivity index (χ4n) is 18.2. The number of aromatic amines is 1. The molecule has 35 nitrogen and oxygen atoms in total. The molecule has 0 spiro atoms. The number of allylic oxidation sites excluding steroid dienone is 6. The molecule has 0 unspecified atom stereocenters. The number of fused-ring (bicyclic) bond motifs is 6. The van der Waals surface area contributed by atoms with Gasteiger partial charge in [-0.25, -0.2) is 39.2 Å². The molecule has 3 saturated heterocycles. The average Bonchev–Trinajstić information content (AvgIpc) is 1.76. The standard InChI is InChI=1S/C62H92N6O15.C36H46N8O6/c1-37-17-13-12-14-18-38(2)50(78-9)33-46-22-20-43(7)62(77,83-46)56(72)58(74)68-24-16-15-19-47(68)59(75)81-51(34-48(69)39(3)30-42(6)54(71)55(80-11)53(70)41(5)29-37)40(4)31-44-21-23-49(52(32-44)79-10)82-61(76)67-27-25-66(26-28-67)60-64-35-45(36-65-60)57(73)63-8;1-2-10-46-12-14-48-16-18-50-19-17-49-15-13-47-11-7-31(45)43-9-6-27-20-26(3-4-29(27)24-43)23-44-36-32(34(37)40-25-41-36)33(42-44)30-21-28-5-8-38-35(28)39-22-30/h12-14,17-18,30,35-37,39-41,43-44,46-47,49-52,54-55,71,77H,15-16,19-29,31-34H2,1-11H3,(H,63,73);3-5,8,20-22,25H,2,6-7,9-19,23-24H2,1H3,(H,38,39)(H2,37,40,41)/b14-12+,17-13+,38-18+,42-30+;/t37-,39-,40-,41-,43-,44+,46+,47+,49-,50+,51+,52-,54-,55+,62-;/m1./s1. The van der Waals surface area contributed by atoms with E-state index in [-0.39, 0.29) is 54.6 Å². The van der Waals surface area contributed by atoms with Gasteiger partial charge >= 0.3 is 12.1 Å². The predicted molar refractivity (Wildman–Crippen MR) is 497 cm³/mol. The molecule has 35 heteroatoms. The Kier molecular flexibility index (Phi) is 39.6. The number of piperidine rings is 1. The molecule has 6 N–H and O–H groups in total. The topological polar surface area (TPSA) is 428 Å². The lowest BCUT2D eigenvalue weighted by Gasteiger charge is -2.42. The number of cyclic esters (lactones) is 1. The molecule has 5 aliphatic heterocycles. The number of aliphatic hydroxyl groups is 2. The number of hydrogen-bond acceptors (Lipinski definition) is 29. The summed E-state index contributed by atoms with van der Waals surface area (Å²) in [6, 6.07) is 9.22. The summed E-state index contributed by atoms with van der Waals surface area (Å²) in [5, 5.41) is 32.8. The molecule has 6 aliphatic rings. The number of nitrogens with two attached hydrogens (primary N) is 1. The zero-order valence-corrected chi connectivity index (χ0v) is 79.3. The molecule has 15 atom stereocenters. The number of aromatic nitrogens is 8. The van der Waals surface area contributed by atoms with Crippen LogP contribution in [0, 0.1) is 35.5 Å². The highest BCUT2D eigenvalue weighted by Gasteiger charge is 2.53. The van der Waals surface area contributed by atoms with Gasteiger partial charge in [0.25, 0.3) is 17.6 Å². The Balaban J connectivity index is 0.000000289. The summed E-state index contributed by atoms with van der Waals surface area (Å²) in [6.07, 6.45) is 20.0. The number of anilines is 2. The number of ketones is 3. The largest absolute Gasteiger partial charge is 0.460 e. The van der Waals surface area contributed by atoms with Crippen LogP contribution in [0.15, 0.2) is 109 Å². The molecule has 6 aromatic rings. The lowest BCUT2D eigenvalue weighted by Crippen LogP contribution is -2.61. The van der Waals surface area contributed by atoms with E-state index in [2.05, 4.69) is 60.3 Å². The molecular formula is C98H138N14O21. The maximum atomic E-state index is 14.7. The van der Waals surface area contributed by atoms with Gasteiger partial charge in [0.05, 0.1) is 102 Å². The first-order chi connectivity index (χ1) is 64.1. The number of H-pyrrole nitrogens is 1. The van der Waals surface area contributed by atoms with Gasteiger partial charge < -0.3 is 98.0 Å². The number of pyridine rings is 1. The molecular weight excluding hydrogens is 1710 g/mol. The van der Waals surface area contributed by atoms with Gasteiger partial charge in [-0.2, -0.15) is 5.10 Å². The summed E-state index contributed by atoms with van der Waals surface area (Å²) in [5.74, 6) is -7.88. The van der Waals surface area contributed by atoms with Gasteiger partial charge in [-0.05, 0) is 149 Å². The Bertz CT molecular complexity index is 4970. The van der Waals surface area contributed by atoms with Gasteiger partial charge in [-0.15, -0.1) is 0 Å². The number of carbonyl (C=O) groups is 8. The first kappa shape index (κ1) is 103. The number of rotatable bonds is 29. The van der Waals surface area contributed by atoms with Gasteiger partial charge in [-0.1, -0.05) is 96.2 Å². The SMILES string of the molecule is CCCOCCOCCOCCOCCOCCC(=O)N1CCc2cc(Cn3nc(-c4cnc5[nH]ccc5c4)c4c(N)ncnc43)ccc2C1.CNC(=O)c1cnc(N2CCN(C(=O)O[C@@H]3CC[C@@H](C[C@@H](C)[C@@H]4CC(=O)[C@H](C)/C=C(\C)[C@@H](O)[C@@H](OC)C(=O)[C@H](C)C[C@H](C)/C=C/C=C/C=C(\C)[C@@H](OC)C[C@@H]5CC[C@@H](C)[C@@](O)(O5)C(=O)C(=O)N5CCCC[C@H]5C(=O)O4)C[C@H]3OC)CC2)nc1. The van der Waals surface area contributed by atoms with Gasteiger partial charge in [-0.3, -0.25) is 28.8 Å². The minimum absolute atomic E-state index is 0.00496. The third-order valence-electron chi connectivity index (χ3n) is 26.2. The van der Waals surface area contributed by atoms with Crippen molar-refractivity contribution in [3.63, 3.8) is 0 Å². The number of piperazine rings is 1. The number of carbonyl (C=O) groups excluding carboxylic acids is 8. The van der Waals surface area contributed by atoms with E-state index in [9.17, 15) is 48.6 Å². The Morgan fingerprint density at radius 1 is 0.729 bits per heavy atom. The molecule has 4 amide bonds. The van der Waals surface area contributed by atoms with Crippen LogP contribution in [0.1, 0.15) is 172 Å². The van der Waals surface area contributed by atoms with Crippen LogP contribution in [0.25, 0.3) is 33.3 Å². The number of ether oxygens (including phenoxy) is 11. The van der Waals surface area contributed by atoms with E-state index < -0.39 is 102 Å². The van der Waals surface area contributed by atoms with E-state index in [1.54, 1.807) is 59.1 Å². The lowest BCUT2D eigenvalue weighted by atomic mass is 9.78. The van der Waals surface area contributed by atoms with Crippen LogP contribution < -0.4 is 16.0 Å². The third-order valence-corrected chi connectivity index (χ3v) is 26.2. The highest BCUT2D eigenvalue weighted by molar-refractivity contribution is 6.39. The summed E-state index contributed by atoms with van der Waals surface area (Å²) in [5.41, 5.74) is 14.4. The highest BCUT2D eigenvalue weighted by atomic mass is 16.6. The monoisotopic (exact) mass is 1850 g/mol. The summed E-state index contributed by atoms with van der Waals surface area (Å²) in [7, 11) is 6.04. The summed E-state index contributed by atoms with van der Waals surface area (Å²) in [6.45, 7) is 23.4. The third kappa shape index (κ3) is 28.2. The first-order valence-corrected chi connectivity index (χ1v) is 47.0. The highest BCUT2D eigenvalue weighted by Crippen LogP contribution is 2.40. The van der Waals surface area contributed by atoms with Crippen LogP contribution in [0.3, 0.4) is 0 Å². The van der Waals surface area contributed by atoms with Crippen molar-refractivity contribution in [3.8, 4) is 11.3 Å². The predicted octanol–water partition coefficient (Wildman–Crippen LogP) is 10.1. The minimum Gasteiger partial charge on any atom is -0.460 e. The van der Waals surface area contributed by atoms with Crippen molar-refractivity contribution in [2.75, 3.05) is 144 Å². The van der Waals surface area contributed by atoms with Crippen LogP contribution >= 0.6 is 0 Å². The Morgan fingerprint density at radius 3 is 2.14 bits per heavy atom. The quantitative estimate of drug-likeness (QED) is 0.0126. The Morgan fingerprint density at radius 2 is 1.44 bits per heavy atom. The number of nitrogens with zero attached hydrogens (tertiary/aromatic N) is 11. The molecule has 0 radical (unpaired) electrons. The van der Waals surface area contributed by atoms with Crippen LogP contribution in [0.4, 0.5) is 16.6 Å². The maximum absolute atomic E-state index is 14.7. The number of hydrogen-bond donors (Lipinski definition) is 5. The number of benzene rings is 1. The van der Waals surface area contributed by atoms with Crippen molar-refractivity contribution in [1.29, 1.82) is 0 Å². The van der Waals surface area contributed by atoms with Gasteiger partial charge in [0.1, 0.15) is 59.7 Å². The van der Waals surface area contributed by atoms with Crippen molar-refractivity contribution < 1.29 is 101 Å². The summed E-state index contributed by atoms with van der Waals surface area (Å²) in [4.78, 5) is 142. The van der Waals surface area contributed by atoms with E-state index in [0.717, 1.165) is 52.7 Å². The maximum Gasteiger partial charge on any atom is 0.410 e. The van der Waals surface area contributed by atoms with Crippen molar-refractivity contribution >= 4 is 81.0 Å². The van der Waals surface area contributed by atoms with Gasteiger partial charge in [0.15, 0.2) is 11.4 Å². The number of nitrogens with one attached hydrogen (secondary N) is 2. The number of Topliss-reactive ketones (excluding diaryl/α,β-unsaturated/α-hetero) is 3. The molecule has 726 valence electrons. The Hall–Kier alpha value is -10.2. The zero-order chi connectivity index (χ0) is 95.3. The number of amides is 4. The fraction of sp³-hybridized carbons (Fsp3) is 0.612. The number of methoxy groups -OCH3 is 3. The molecule has 5 aromatic heterocycles. The van der Waals surface area contributed by atoms with Crippen LogP contribution in [0.2, 0.25) is 0 Å². The fourth-order valence-corrected chi connectivity index (χ4v) is 18.2.